The smallest absolute Gasteiger partial charge is 0.0462 e. The zero-order chi connectivity index (χ0) is 19.3. The van der Waals surface area contributed by atoms with Crippen molar-refractivity contribution in [1.82, 2.24) is 0 Å². The molecule has 0 aromatic heterocycles. The number of benzene rings is 4. The minimum atomic E-state index is 1.07. The summed E-state index contributed by atoms with van der Waals surface area (Å²) in [5.41, 5.74) is 8.61. The van der Waals surface area contributed by atoms with Gasteiger partial charge in [-0.15, -0.1) is 0 Å². The van der Waals surface area contributed by atoms with Gasteiger partial charge in [0.2, 0.25) is 0 Å². The van der Waals surface area contributed by atoms with Crippen LogP contribution in [-0.2, 0) is 6.42 Å². The molecule has 4 aromatic carbocycles. The molecule has 28 heavy (non-hydrogen) atoms. The number of hydrogen-bond acceptors (Lipinski definition) is 1. The second-order valence-corrected chi connectivity index (χ2v) is 7.10. The molecule has 4 aromatic rings. The first-order valence-electron chi connectivity index (χ1n) is 9.86. The van der Waals surface area contributed by atoms with Gasteiger partial charge in [0, 0.05) is 17.1 Å². The van der Waals surface area contributed by atoms with E-state index in [2.05, 4.69) is 122 Å². The highest BCUT2D eigenvalue weighted by molar-refractivity contribution is 5.78. The third-order valence-electron chi connectivity index (χ3n) is 5.13. The molecule has 0 saturated carbocycles. The van der Waals surface area contributed by atoms with E-state index in [1.54, 1.807) is 0 Å². The van der Waals surface area contributed by atoms with Crippen molar-refractivity contribution in [1.29, 1.82) is 0 Å². The molecule has 0 aliphatic rings. The summed E-state index contributed by atoms with van der Waals surface area (Å²) in [5.74, 6) is 0. The van der Waals surface area contributed by atoms with E-state index >= 15 is 0 Å². The normalized spacial score (nSPS) is 10.6. The summed E-state index contributed by atoms with van der Waals surface area (Å²) in [7, 11) is 0. The maximum absolute atomic E-state index is 2.30. The monoisotopic (exact) mass is 363 g/mol. The molecule has 0 N–H and O–H groups in total. The molecule has 0 heterocycles. The van der Waals surface area contributed by atoms with Crippen LogP contribution in [-0.4, -0.2) is 0 Å². The lowest BCUT2D eigenvalue weighted by molar-refractivity contribution is 1.14. The van der Waals surface area contributed by atoms with E-state index in [-0.39, 0.29) is 0 Å². The third kappa shape index (κ3) is 3.84. The van der Waals surface area contributed by atoms with Gasteiger partial charge in [0.05, 0.1) is 0 Å². The Morgan fingerprint density at radius 1 is 0.536 bits per heavy atom. The van der Waals surface area contributed by atoms with E-state index in [0.29, 0.717) is 0 Å². The van der Waals surface area contributed by atoms with Gasteiger partial charge in [0.25, 0.3) is 0 Å². The van der Waals surface area contributed by atoms with Crippen LogP contribution < -0.4 is 4.90 Å². The van der Waals surface area contributed by atoms with Crippen LogP contribution in [0.4, 0.5) is 17.1 Å². The van der Waals surface area contributed by atoms with Crippen LogP contribution >= 0.6 is 0 Å². The quantitative estimate of drug-likeness (QED) is 0.351. The van der Waals surface area contributed by atoms with Crippen molar-refractivity contribution in [3.8, 4) is 11.1 Å². The summed E-state index contributed by atoms with van der Waals surface area (Å²) in [6, 6.07) is 36.9. The molecule has 4 rings (SSSR count). The van der Waals surface area contributed by atoms with Crippen molar-refractivity contribution in [3.63, 3.8) is 0 Å². The average Bonchev–Trinajstić information content (AvgIpc) is 2.77. The highest BCUT2D eigenvalue weighted by atomic mass is 15.1. The van der Waals surface area contributed by atoms with Crippen LogP contribution in [0.25, 0.3) is 11.1 Å². The number of para-hydroxylation sites is 1. The molecule has 0 radical (unpaired) electrons. The largest absolute Gasteiger partial charge is 0.311 e. The van der Waals surface area contributed by atoms with Crippen LogP contribution in [0.3, 0.4) is 0 Å². The first-order valence-corrected chi connectivity index (χ1v) is 9.86. The number of hydrogen-bond donors (Lipinski definition) is 0. The van der Waals surface area contributed by atoms with Crippen molar-refractivity contribution in [3.05, 3.63) is 114 Å². The molecule has 0 bridgehead atoms. The molecule has 0 amide bonds. The maximum atomic E-state index is 2.30. The Hall–Kier alpha value is -3.32. The Morgan fingerprint density at radius 3 is 1.54 bits per heavy atom. The van der Waals surface area contributed by atoms with Gasteiger partial charge < -0.3 is 4.90 Å². The van der Waals surface area contributed by atoms with Crippen molar-refractivity contribution < 1.29 is 0 Å². The Bertz CT molecular complexity index is 1010. The fraction of sp³-hybridized carbons (Fsp3) is 0.111. The molecule has 0 saturated heterocycles. The van der Waals surface area contributed by atoms with Crippen LogP contribution in [0.5, 0.6) is 0 Å². The summed E-state index contributed by atoms with van der Waals surface area (Å²) in [5, 5.41) is 0. The van der Waals surface area contributed by atoms with Gasteiger partial charge in [-0.1, -0.05) is 79.2 Å². The highest BCUT2D eigenvalue weighted by Crippen LogP contribution is 2.35. The molecule has 138 valence electrons. The molecule has 0 atom stereocenters. The summed E-state index contributed by atoms with van der Waals surface area (Å²) >= 11 is 0. The standard InChI is InChI=1S/C27H25N/c1-3-22-11-13-23(14-12-22)24-15-19-27(20-16-24)28(25-7-5-4-6-8-25)26-17-9-21(2)10-18-26/h4-20H,3H2,1-2H3. The second-order valence-electron chi connectivity index (χ2n) is 7.10. The minimum Gasteiger partial charge on any atom is -0.311 e. The van der Waals surface area contributed by atoms with E-state index in [1.807, 2.05) is 0 Å². The van der Waals surface area contributed by atoms with Crippen LogP contribution in [0.2, 0.25) is 0 Å². The van der Waals surface area contributed by atoms with Gasteiger partial charge in [-0.2, -0.15) is 0 Å². The van der Waals surface area contributed by atoms with Crippen LogP contribution in [0, 0.1) is 6.92 Å². The van der Waals surface area contributed by atoms with Gasteiger partial charge in [0.1, 0.15) is 0 Å². The molecular formula is C27H25N. The van der Waals surface area contributed by atoms with E-state index in [9.17, 15) is 0 Å². The lowest BCUT2D eigenvalue weighted by Crippen LogP contribution is -2.09. The van der Waals surface area contributed by atoms with Crippen LogP contribution in [0.1, 0.15) is 18.1 Å². The molecule has 0 fully saturated rings. The molecule has 1 heteroatoms. The van der Waals surface area contributed by atoms with Gasteiger partial charge in [-0.05, 0) is 66.4 Å². The number of anilines is 3. The fourth-order valence-electron chi connectivity index (χ4n) is 3.45. The molecule has 0 spiro atoms. The fourth-order valence-corrected chi connectivity index (χ4v) is 3.45. The van der Waals surface area contributed by atoms with E-state index in [1.165, 1.54) is 22.3 Å². The number of aryl methyl sites for hydroxylation is 2. The zero-order valence-electron chi connectivity index (χ0n) is 16.5. The molecular weight excluding hydrogens is 338 g/mol. The summed E-state index contributed by atoms with van der Waals surface area (Å²) in [6.45, 7) is 4.31. The van der Waals surface area contributed by atoms with Crippen molar-refractivity contribution in [2.75, 3.05) is 4.90 Å². The lowest BCUT2D eigenvalue weighted by atomic mass is 10.0. The SMILES string of the molecule is CCc1ccc(-c2ccc(N(c3ccccc3)c3ccc(C)cc3)cc2)cc1. The maximum Gasteiger partial charge on any atom is 0.0462 e. The van der Waals surface area contributed by atoms with Crippen molar-refractivity contribution in [2.24, 2.45) is 0 Å². The van der Waals surface area contributed by atoms with Crippen LogP contribution in [0.15, 0.2) is 103 Å². The van der Waals surface area contributed by atoms with E-state index in [0.717, 1.165) is 23.5 Å². The number of nitrogens with zero attached hydrogens (tertiary/aromatic N) is 1. The average molecular weight is 364 g/mol. The van der Waals surface area contributed by atoms with Gasteiger partial charge in [-0.3, -0.25) is 0 Å². The summed E-state index contributed by atoms with van der Waals surface area (Å²) in [6.07, 6.45) is 1.07. The van der Waals surface area contributed by atoms with Crippen molar-refractivity contribution >= 4 is 17.1 Å². The van der Waals surface area contributed by atoms with E-state index < -0.39 is 0 Å². The molecule has 0 unspecified atom stereocenters. The van der Waals surface area contributed by atoms with E-state index in [4.69, 9.17) is 0 Å². The second kappa shape index (κ2) is 8.14. The summed E-state index contributed by atoms with van der Waals surface area (Å²) in [4.78, 5) is 2.30. The first-order chi connectivity index (χ1) is 13.7. The first kappa shape index (κ1) is 18.1. The molecule has 0 aliphatic heterocycles. The number of rotatable bonds is 5. The van der Waals surface area contributed by atoms with Crippen molar-refractivity contribution in [2.45, 2.75) is 20.3 Å². The minimum absolute atomic E-state index is 1.07. The Labute approximate surface area is 167 Å². The van der Waals surface area contributed by atoms with Gasteiger partial charge >= 0.3 is 0 Å². The zero-order valence-corrected chi connectivity index (χ0v) is 16.5. The predicted octanol–water partition coefficient (Wildman–Crippen LogP) is 7.69. The van der Waals surface area contributed by atoms with Gasteiger partial charge in [-0.25, -0.2) is 0 Å². The summed E-state index contributed by atoms with van der Waals surface area (Å²) < 4.78 is 0. The Balaban J connectivity index is 1.71. The Morgan fingerprint density at radius 2 is 1.00 bits per heavy atom. The van der Waals surface area contributed by atoms with Gasteiger partial charge in [0.15, 0.2) is 0 Å². The predicted molar refractivity (Wildman–Crippen MR) is 121 cm³/mol. The third-order valence-corrected chi connectivity index (χ3v) is 5.13. The highest BCUT2D eigenvalue weighted by Gasteiger charge is 2.12. The Kier molecular flexibility index (Phi) is 5.25. The molecule has 1 nitrogen and oxygen atoms in total. The lowest BCUT2D eigenvalue weighted by Gasteiger charge is -2.25. The topological polar surface area (TPSA) is 3.24 Å². The molecule has 0 aliphatic carbocycles.